The first kappa shape index (κ1) is 19.4. The van der Waals surface area contributed by atoms with Crippen LogP contribution in [0.3, 0.4) is 0 Å². The minimum atomic E-state index is -0.559. The van der Waals surface area contributed by atoms with Gasteiger partial charge in [-0.15, -0.1) is 0 Å². The average molecular weight is 430 g/mol. The number of aromatic nitrogens is 4. The Balaban J connectivity index is 1.39. The van der Waals surface area contributed by atoms with E-state index in [4.69, 9.17) is 10.5 Å². The topological polar surface area (TPSA) is 102 Å². The maximum absolute atomic E-state index is 14.7. The van der Waals surface area contributed by atoms with Crippen molar-refractivity contribution in [3.05, 3.63) is 84.7 Å². The van der Waals surface area contributed by atoms with Crippen LogP contribution in [0.5, 0.6) is 11.5 Å². The van der Waals surface area contributed by atoms with Gasteiger partial charge >= 0.3 is 0 Å². The standard InChI is InChI=1S/C23H16F2N6O/c24-14-3-1-13(2-4-14)18-12-21(31-23(26)30-18)29-15-5-6-20(17(25)11-15)32-19-8-10-28-22-16(19)7-9-27-22/h1-12H,(H,27,28)(H3,26,29,30,31). The Hall–Kier alpha value is -4.53. The molecule has 7 nitrogen and oxygen atoms in total. The third kappa shape index (κ3) is 3.91. The van der Waals surface area contributed by atoms with Crippen LogP contribution in [0.4, 0.5) is 26.2 Å². The van der Waals surface area contributed by atoms with Crippen molar-refractivity contribution >= 4 is 28.5 Å². The summed E-state index contributed by atoms with van der Waals surface area (Å²) in [4.78, 5) is 15.5. The maximum atomic E-state index is 14.7. The molecule has 4 N–H and O–H groups in total. The van der Waals surface area contributed by atoms with Gasteiger partial charge in [-0.1, -0.05) is 0 Å². The highest BCUT2D eigenvalue weighted by Gasteiger charge is 2.11. The molecule has 0 aliphatic carbocycles. The zero-order valence-electron chi connectivity index (χ0n) is 16.5. The van der Waals surface area contributed by atoms with E-state index in [-0.39, 0.29) is 17.5 Å². The molecule has 158 valence electrons. The van der Waals surface area contributed by atoms with E-state index in [0.29, 0.717) is 34.2 Å². The molecule has 0 saturated heterocycles. The predicted molar refractivity (Wildman–Crippen MR) is 118 cm³/mol. The van der Waals surface area contributed by atoms with Crippen molar-refractivity contribution in [3.63, 3.8) is 0 Å². The third-order valence-corrected chi connectivity index (χ3v) is 4.73. The fourth-order valence-corrected chi connectivity index (χ4v) is 3.25. The molecular formula is C23H16F2N6O. The van der Waals surface area contributed by atoms with Gasteiger partial charge in [0.25, 0.3) is 0 Å². The summed E-state index contributed by atoms with van der Waals surface area (Å²) >= 11 is 0. The Morgan fingerprint density at radius 2 is 1.75 bits per heavy atom. The first-order chi connectivity index (χ1) is 15.5. The van der Waals surface area contributed by atoms with Gasteiger partial charge in [-0.25, -0.2) is 18.7 Å². The lowest BCUT2D eigenvalue weighted by molar-refractivity contribution is 0.446. The molecule has 0 amide bonds. The van der Waals surface area contributed by atoms with E-state index < -0.39 is 5.82 Å². The number of nitrogens with one attached hydrogen (secondary N) is 2. The summed E-state index contributed by atoms with van der Waals surface area (Å²) < 4.78 is 33.7. The van der Waals surface area contributed by atoms with Gasteiger partial charge in [0.05, 0.1) is 11.1 Å². The summed E-state index contributed by atoms with van der Waals surface area (Å²) in [6.07, 6.45) is 3.32. The number of hydrogen-bond acceptors (Lipinski definition) is 6. The van der Waals surface area contributed by atoms with Gasteiger partial charge in [-0.05, 0) is 48.5 Å². The number of fused-ring (bicyclic) bond motifs is 1. The molecule has 3 heterocycles. The monoisotopic (exact) mass is 430 g/mol. The molecule has 9 heteroatoms. The fraction of sp³-hybridized carbons (Fsp3) is 0. The van der Waals surface area contributed by atoms with Crippen LogP contribution in [0, 0.1) is 11.6 Å². The third-order valence-electron chi connectivity index (χ3n) is 4.73. The lowest BCUT2D eigenvalue weighted by Gasteiger charge is -2.11. The van der Waals surface area contributed by atoms with E-state index in [1.165, 1.54) is 24.3 Å². The number of aromatic amines is 1. The molecule has 2 aromatic carbocycles. The van der Waals surface area contributed by atoms with Crippen molar-refractivity contribution in [2.24, 2.45) is 0 Å². The van der Waals surface area contributed by atoms with E-state index in [9.17, 15) is 8.78 Å². The number of anilines is 3. The van der Waals surface area contributed by atoms with E-state index in [1.54, 1.807) is 42.7 Å². The lowest BCUT2D eigenvalue weighted by Crippen LogP contribution is -2.02. The molecular weight excluding hydrogens is 414 g/mol. The zero-order chi connectivity index (χ0) is 22.1. The molecule has 0 bridgehead atoms. The van der Waals surface area contributed by atoms with E-state index in [1.807, 2.05) is 6.07 Å². The number of hydrogen-bond donors (Lipinski definition) is 3. The predicted octanol–water partition coefficient (Wildman–Crippen LogP) is 5.42. The molecule has 0 atom stereocenters. The highest BCUT2D eigenvalue weighted by atomic mass is 19.1. The largest absolute Gasteiger partial charge is 0.453 e. The van der Waals surface area contributed by atoms with E-state index in [0.717, 1.165) is 5.39 Å². The van der Waals surface area contributed by atoms with Crippen LogP contribution < -0.4 is 15.8 Å². The molecule has 0 unspecified atom stereocenters. The minimum absolute atomic E-state index is 0.0305. The zero-order valence-corrected chi connectivity index (χ0v) is 16.5. The van der Waals surface area contributed by atoms with Crippen LogP contribution >= 0.6 is 0 Å². The van der Waals surface area contributed by atoms with Gasteiger partial charge in [-0.2, -0.15) is 4.98 Å². The lowest BCUT2D eigenvalue weighted by atomic mass is 10.1. The summed E-state index contributed by atoms with van der Waals surface area (Å²) in [6.45, 7) is 0. The number of rotatable bonds is 5. The molecule has 0 aliphatic rings. The first-order valence-electron chi connectivity index (χ1n) is 9.62. The molecule has 32 heavy (non-hydrogen) atoms. The van der Waals surface area contributed by atoms with Gasteiger partial charge in [-0.3, -0.25) is 0 Å². The Morgan fingerprint density at radius 3 is 2.56 bits per heavy atom. The fourth-order valence-electron chi connectivity index (χ4n) is 3.25. The number of halogens is 2. The average Bonchev–Trinajstić information content (AvgIpc) is 3.26. The van der Waals surface area contributed by atoms with E-state index >= 15 is 0 Å². The molecule has 0 radical (unpaired) electrons. The number of ether oxygens (including phenoxy) is 1. The number of nitrogen functional groups attached to an aromatic ring is 1. The minimum Gasteiger partial charge on any atom is -0.453 e. The van der Waals surface area contributed by atoms with Gasteiger partial charge < -0.3 is 20.8 Å². The molecule has 0 aliphatic heterocycles. The number of nitrogens with zero attached hydrogens (tertiary/aromatic N) is 3. The Morgan fingerprint density at radius 1 is 0.906 bits per heavy atom. The number of pyridine rings is 1. The molecule has 5 rings (SSSR count). The highest BCUT2D eigenvalue weighted by Crippen LogP contribution is 2.32. The van der Waals surface area contributed by atoms with Crippen LogP contribution in [-0.4, -0.2) is 19.9 Å². The quantitative estimate of drug-likeness (QED) is 0.344. The van der Waals surface area contributed by atoms with Crippen molar-refractivity contribution in [3.8, 4) is 22.8 Å². The van der Waals surface area contributed by atoms with Crippen LogP contribution in [0.25, 0.3) is 22.3 Å². The van der Waals surface area contributed by atoms with Gasteiger partial charge in [0.15, 0.2) is 11.6 Å². The first-order valence-corrected chi connectivity index (χ1v) is 9.62. The SMILES string of the molecule is Nc1nc(Nc2ccc(Oc3ccnc4[nH]ccc34)c(F)c2)cc(-c2ccc(F)cc2)n1. The molecule has 5 aromatic rings. The number of nitrogens with two attached hydrogens (primary N) is 1. The second-order valence-corrected chi connectivity index (χ2v) is 6.92. The summed E-state index contributed by atoms with van der Waals surface area (Å²) in [5.74, 6) is 0.0463. The van der Waals surface area contributed by atoms with Crippen molar-refractivity contribution in [1.29, 1.82) is 0 Å². The van der Waals surface area contributed by atoms with Crippen LogP contribution in [0.2, 0.25) is 0 Å². The van der Waals surface area contributed by atoms with Crippen LogP contribution in [0.15, 0.2) is 73.1 Å². The highest BCUT2D eigenvalue weighted by molar-refractivity contribution is 5.82. The number of benzene rings is 2. The second-order valence-electron chi connectivity index (χ2n) is 6.92. The summed E-state index contributed by atoms with van der Waals surface area (Å²) in [5.41, 5.74) is 8.10. The Labute approximate surface area is 180 Å². The van der Waals surface area contributed by atoms with Crippen LogP contribution in [-0.2, 0) is 0 Å². The summed E-state index contributed by atoms with van der Waals surface area (Å²) in [6, 6.07) is 15.4. The Kier molecular flexibility index (Phi) is 4.83. The Bertz CT molecular complexity index is 1420. The van der Waals surface area contributed by atoms with Crippen molar-refractivity contribution in [2.75, 3.05) is 11.1 Å². The number of H-pyrrole nitrogens is 1. The smallest absolute Gasteiger partial charge is 0.222 e. The molecule has 0 saturated carbocycles. The molecule has 0 spiro atoms. The normalized spacial score (nSPS) is 10.9. The van der Waals surface area contributed by atoms with Crippen molar-refractivity contribution in [2.45, 2.75) is 0 Å². The maximum Gasteiger partial charge on any atom is 0.222 e. The van der Waals surface area contributed by atoms with Gasteiger partial charge in [0.2, 0.25) is 5.95 Å². The molecule has 0 fully saturated rings. The van der Waals surface area contributed by atoms with Gasteiger partial charge in [0, 0.05) is 35.8 Å². The van der Waals surface area contributed by atoms with Crippen molar-refractivity contribution in [1.82, 2.24) is 19.9 Å². The molecule has 3 aromatic heterocycles. The van der Waals surface area contributed by atoms with Gasteiger partial charge in [0.1, 0.15) is 23.0 Å². The summed E-state index contributed by atoms with van der Waals surface area (Å²) in [7, 11) is 0. The van der Waals surface area contributed by atoms with E-state index in [2.05, 4.69) is 25.3 Å². The summed E-state index contributed by atoms with van der Waals surface area (Å²) in [5, 5.41) is 3.76. The second kappa shape index (κ2) is 7.95. The van der Waals surface area contributed by atoms with Crippen LogP contribution in [0.1, 0.15) is 0 Å². The van der Waals surface area contributed by atoms with Crippen molar-refractivity contribution < 1.29 is 13.5 Å².